The van der Waals surface area contributed by atoms with E-state index in [1.54, 1.807) is 16.8 Å². The molecular weight excluding hydrogens is 348 g/mol. The molecule has 1 aromatic heterocycles. The normalized spacial score (nSPS) is 10.8. The lowest BCUT2D eigenvalue weighted by Crippen LogP contribution is -2.22. The molecular formula is C24H20N2O2. The maximum atomic E-state index is 12.8. The standard InChI is InChI=1S/C24H20N2O2/c1-17-6-4-7-18(14-17)15-26-16-20(12-13-23(26)27)24(28)25-22-11-5-9-19-8-2-3-10-21(19)22/h2-14,16H,15H2,1H3,(H,25,28). The zero-order valence-corrected chi connectivity index (χ0v) is 15.6. The first-order valence-corrected chi connectivity index (χ1v) is 9.15. The van der Waals surface area contributed by atoms with Gasteiger partial charge in [-0.05, 0) is 30.0 Å². The first-order chi connectivity index (χ1) is 13.6. The molecule has 0 bridgehead atoms. The van der Waals surface area contributed by atoms with Crippen molar-refractivity contribution in [1.82, 2.24) is 4.57 Å². The van der Waals surface area contributed by atoms with Crippen molar-refractivity contribution in [3.05, 3.63) is 112 Å². The molecule has 138 valence electrons. The molecule has 1 N–H and O–H groups in total. The van der Waals surface area contributed by atoms with Gasteiger partial charge in [0.1, 0.15) is 0 Å². The zero-order chi connectivity index (χ0) is 19.5. The molecule has 0 saturated carbocycles. The number of hydrogen-bond donors (Lipinski definition) is 1. The van der Waals surface area contributed by atoms with Crippen molar-refractivity contribution >= 4 is 22.4 Å². The SMILES string of the molecule is Cc1cccc(Cn2cc(C(=O)Nc3cccc4ccccc34)ccc2=O)c1. The minimum Gasteiger partial charge on any atom is -0.321 e. The number of hydrogen-bond acceptors (Lipinski definition) is 2. The lowest BCUT2D eigenvalue weighted by Gasteiger charge is -2.11. The van der Waals surface area contributed by atoms with Gasteiger partial charge in [0, 0.05) is 23.3 Å². The van der Waals surface area contributed by atoms with Gasteiger partial charge in [-0.2, -0.15) is 0 Å². The number of benzene rings is 3. The summed E-state index contributed by atoms with van der Waals surface area (Å²) in [5, 5.41) is 5.00. The van der Waals surface area contributed by atoms with E-state index in [1.807, 2.05) is 73.7 Å². The fraction of sp³-hybridized carbons (Fsp3) is 0.0833. The third-order valence-electron chi connectivity index (χ3n) is 4.72. The monoisotopic (exact) mass is 368 g/mol. The van der Waals surface area contributed by atoms with E-state index in [1.165, 1.54) is 6.07 Å². The van der Waals surface area contributed by atoms with E-state index >= 15 is 0 Å². The Bertz CT molecular complexity index is 1220. The zero-order valence-electron chi connectivity index (χ0n) is 15.6. The Morgan fingerprint density at radius 1 is 0.929 bits per heavy atom. The molecule has 0 atom stereocenters. The van der Waals surface area contributed by atoms with E-state index in [9.17, 15) is 9.59 Å². The van der Waals surface area contributed by atoms with Crippen LogP contribution in [0.1, 0.15) is 21.5 Å². The fourth-order valence-corrected chi connectivity index (χ4v) is 3.33. The van der Waals surface area contributed by atoms with Gasteiger partial charge in [0.05, 0.1) is 12.1 Å². The van der Waals surface area contributed by atoms with Crippen molar-refractivity contribution in [2.24, 2.45) is 0 Å². The molecule has 0 radical (unpaired) electrons. The van der Waals surface area contributed by atoms with Crippen LogP contribution < -0.4 is 10.9 Å². The second kappa shape index (κ2) is 7.53. The van der Waals surface area contributed by atoms with Gasteiger partial charge in [-0.1, -0.05) is 66.2 Å². The molecule has 0 saturated heterocycles. The van der Waals surface area contributed by atoms with Crippen LogP contribution in [0.4, 0.5) is 5.69 Å². The van der Waals surface area contributed by atoms with Crippen LogP contribution in [-0.2, 0) is 6.54 Å². The van der Waals surface area contributed by atoms with E-state index in [0.717, 1.165) is 27.6 Å². The van der Waals surface area contributed by atoms with Gasteiger partial charge in [0.25, 0.3) is 11.5 Å². The van der Waals surface area contributed by atoms with Gasteiger partial charge in [0.15, 0.2) is 0 Å². The number of amides is 1. The second-order valence-corrected chi connectivity index (χ2v) is 6.85. The van der Waals surface area contributed by atoms with Crippen LogP contribution in [0.15, 0.2) is 89.9 Å². The summed E-state index contributed by atoms with van der Waals surface area (Å²) in [6.07, 6.45) is 1.62. The molecule has 4 rings (SSSR count). The molecule has 0 aliphatic rings. The number of pyridine rings is 1. The minimum absolute atomic E-state index is 0.136. The van der Waals surface area contributed by atoms with Crippen molar-refractivity contribution in [2.75, 3.05) is 5.32 Å². The molecule has 4 aromatic rings. The van der Waals surface area contributed by atoms with Crippen molar-refractivity contribution in [1.29, 1.82) is 0 Å². The van der Waals surface area contributed by atoms with Crippen LogP contribution in [0.2, 0.25) is 0 Å². The Labute approximate surface area is 163 Å². The van der Waals surface area contributed by atoms with Gasteiger partial charge >= 0.3 is 0 Å². The average molecular weight is 368 g/mol. The van der Waals surface area contributed by atoms with Crippen LogP contribution in [0.3, 0.4) is 0 Å². The topological polar surface area (TPSA) is 51.1 Å². The summed E-state index contributed by atoms with van der Waals surface area (Å²) in [6.45, 7) is 2.44. The van der Waals surface area contributed by atoms with Crippen molar-refractivity contribution in [3.8, 4) is 0 Å². The van der Waals surface area contributed by atoms with Crippen LogP contribution >= 0.6 is 0 Å². The van der Waals surface area contributed by atoms with Gasteiger partial charge in [-0.3, -0.25) is 9.59 Å². The predicted molar refractivity (Wildman–Crippen MR) is 113 cm³/mol. The van der Waals surface area contributed by atoms with Gasteiger partial charge in [0.2, 0.25) is 0 Å². The van der Waals surface area contributed by atoms with E-state index in [4.69, 9.17) is 0 Å². The van der Waals surface area contributed by atoms with Crippen molar-refractivity contribution in [3.63, 3.8) is 0 Å². The van der Waals surface area contributed by atoms with E-state index in [-0.39, 0.29) is 11.5 Å². The molecule has 28 heavy (non-hydrogen) atoms. The maximum absolute atomic E-state index is 12.8. The molecule has 4 nitrogen and oxygen atoms in total. The highest BCUT2D eigenvalue weighted by Gasteiger charge is 2.10. The average Bonchev–Trinajstić information content (AvgIpc) is 2.70. The number of anilines is 1. The number of carbonyl (C=O) groups excluding carboxylic acids is 1. The summed E-state index contributed by atoms with van der Waals surface area (Å²) in [5.74, 6) is -0.241. The molecule has 0 aliphatic heterocycles. The van der Waals surface area contributed by atoms with Gasteiger partial charge in [-0.15, -0.1) is 0 Å². The number of carbonyl (C=O) groups is 1. The summed E-state index contributed by atoms with van der Waals surface area (Å²) < 4.78 is 1.56. The first kappa shape index (κ1) is 17.7. The number of rotatable bonds is 4. The molecule has 3 aromatic carbocycles. The number of nitrogens with one attached hydrogen (secondary N) is 1. The molecule has 0 aliphatic carbocycles. The van der Waals surface area contributed by atoms with Gasteiger partial charge in [-0.25, -0.2) is 0 Å². The lowest BCUT2D eigenvalue weighted by molar-refractivity contribution is 0.102. The summed E-state index contributed by atoms with van der Waals surface area (Å²) >= 11 is 0. The highest BCUT2D eigenvalue weighted by atomic mass is 16.2. The molecule has 1 amide bonds. The highest BCUT2D eigenvalue weighted by Crippen LogP contribution is 2.23. The molecule has 1 heterocycles. The summed E-state index contributed by atoms with van der Waals surface area (Å²) in [6, 6.07) is 24.7. The lowest BCUT2D eigenvalue weighted by atomic mass is 10.1. The van der Waals surface area contributed by atoms with E-state index < -0.39 is 0 Å². The third-order valence-corrected chi connectivity index (χ3v) is 4.72. The quantitative estimate of drug-likeness (QED) is 0.572. The van der Waals surface area contributed by atoms with E-state index in [2.05, 4.69) is 5.32 Å². The third kappa shape index (κ3) is 3.71. The summed E-state index contributed by atoms with van der Waals surface area (Å²) in [4.78, 5) is 25.0. The Kier molecular flexibility index (Phi) is 4.77. The molecule has 0 unspecified atom stereocenters. The van der Waals surface area contributed by atoms with Crippen LogP contribution in [0.5, 0.6) is 0 Å². The van der Waals surface area contributed by atoms with Gasteiger partial charge < -0.3 is 9.88 Å². The maximum Gasteiger partial charge on any atom is 0.257 e. The Balaban J connectivity index is 1.62. The summed E-state index contributed by atoms with van der Waals surface area (Å²) in [5.41, 5.74) is 3.21. The van der Waals surface area contributed by atoms with Crippen molar-refractivity contribution < 1.29 is 4.79 Å². The number of fused-ring (bicyclic) bond motifs is 1. The van der Waals surface area contributed by atoms with Crippen LogP contribution in [-0.4, -0.2) is 10.5 Å². The number of nitrogens with zero attached hydrogens (tertiary/aromatic N) is 1. The van der Waals surface area contributed by atoms with Crippen molar-refractivity contribution in [2.45, 2.75) is 13.5 Å². The summed E-state index contributed by atoms with van der Waals surface area (Å²) in [7, 11) is 0. The largest absolute Gasteiger partial charge is 0.321 e. The van der Waals surface area contributed by atoms with Crippen LogP contribution in [0, 0.1) is 6.92 Å². The first-order valence-electron chi connectivity index (χ1n) is 9.15. The number of aromatic nitrogens is 1. The second-order valence-electron chi connectivity index (χ2n) is 6.85. The number of aryl methyl sites for hydroxylation is 1. The molecule has 4 heteroatoms. The molecule has 0 spiro atoms. The Hall–Kier alpha value is -3.66. The smallest absolute Gasteiger partial charge is 0.257 e. The highest BCUT2D eigenvalue weighted by molar-refractivity contribution is 6.08. The Morgan fingerprint density at radius 3 is 2.57 bits per heavy atom. The van der Waals surface area contributed by atoms with E-state index in [0.29, 0.717) is 12.1 Å². The molecule has 0 fully saturated rings. The Morgan fingerprint density at radius 2 is 1.71 bits per heavy atom. The predicted octanol–water partition coefficient (Wildman–Crippen LogP) is 4.61. The minimum atomic E-state index is -0.241. The van der Waals surface area contributed by atoms with Crippen LogP contribution in [0.25, 0.3) is 10.8 Å². The fourth-order valence-electron chi connectivity index (χ4n) is 3.33.